The van der Waals surface area contributed by atoms with E-state index in [0.29, 0.717) is 5.75 Å². The highest BCUT2D eigenvalue weighted by molar-refractivity contribution is 9.10. The molecule has 0 unspecified atom stereocenters. The van der Waals surface area contributed by atoms with Gasteiger partial charge in [0.1, 0.15) is 5.75 Å². The number of hydrogen-bond donors (Lipinski definition) is 2. The molecule has 0 atom stereocenters. The van der Waals surface area contributed by atoms with Crippen LogP contribution in [0.4, 0.5) is 0 Å². The molecule has 1 fully saturated rings. The summed E-state index contributed by atoms with van der Waals surface area (Å²) in [6.45, 7) is 4.27. The Morgan fingerprint density at radius 1 is 1.38 bits per heavy atom. The van der Waals surface area contributed by atoms with Gasteiger partial charge < -0.3 is 10.4 Å². The van der Waals surface area contributed by atoms with E-state index >= 15 is 0 Å². The molecule has 1 aromatic rings. The number of rotatable bonds is 2. The Hall–Kier alpha value is -0.540. The molecular weight excluding hydrogens is 266 g/mol. The highest BCUT2D eigenvalue weighted by Gasteiger charge is 2.16. The summed E-state index contributed by atoms with van der Waals surface area (Å²) < 4.78 is 1.16. The summed E-state index contributed by atoms with van der Waals surface area (Å²) in [7, 11) is 0. The molecular formula is C13H18BrNO. The van der Waals surface area contributed by atoms with Crippen molar-refractivity contribution in [2.24, 2.45) is 5.92 Å². The van der Waals surface area contributed by atoms with E-state index < -0.39 is 0 Å². The molecule has 1 aromatic carbocycles. The van der Waals surface area contributed by atoms with Crippen LogP contribution in [0.15, 0.2) is 16.6 Å². The van der Waals surface area contributed by atoms with Gasteiger partial charge in [-0.05, 0) is 68.5 Å². The lowest BCUT2D eigenvalue weighted by atomic mass is 9.90. The lowest BCUT2D eigenvalue weighted by Crippen LogP contribution is -2.28. The van der Waals surface area contributed by atoms with Crippen LogP contribution in [0.5, 0.6) is 5.75 Å². The molecule has 0 spiro atoms. The number of aryl methyl sites for hydroxylation is 1. The van der Waals surface area contributed by atoms with Crippen LogP contribution in [0, 0.1) is 12.8 Å². The Kier molecular flexibility index (Phi) is 3.87. The van der Waals surface area contributed by atoms with Gasteiger partial charge in [-0.2, -0.15) is 0 Å². The summed E-state index contributed by atoms with van der Waals surface area (Å²) >= 11 is 3.61. The predicted molar refractivity (Wildman–Crippen MR) is 69.8 cm³/mol. The van der Waals surface area contributed by atoms with Crippen LogP contribution < -0.4 is 5.32 Å². The van der Waals surface area contributed by atoms with Gasteiger partial charge in [0, 0.05) is 4.47 Å². The molecule has 16 heavy (non-hydrogen) atoms. The normalized spacial score (nSPS) is 17.6. The van der Waals surface area contributed by atoms with Gasteiger partial charge in [0.2, 0.25) is 0 Å². The molecule has 1 aliphatic heterocycles. The predicted octanol–water partition coefficient (Wildman–Crippen LogP) is 3.01. The zero-order valence-electron chi connectivity index (χ0n) is 9.59. The van der Waals surface area contributed by atoms with Crippen LogP contribution in [-0.2, 0) is 6.42 Å². The maximum absolute atomic E-state index is 9.61. The SMILES string of the molecule is Cc1cc(O)cc(CC2CCNCC2)c1Br. The van der Waals surface area contributed by atoms with Crippen molar-refractivity contribution < 1.29 is 5.11 Å². The van der Waals surface area contributed by atoms with E-state index in [2.05, 4.69) is 21.2 Å². The molecule has 2 N–H and O–H groups in total. The Balaban J connectivity index is 2.13. The van der Waals surface area contributed by atoms with Gasteiger partial charge in [-0.1, -0.05) is 15.9 Å². The van der Waals surface area contributed by atoms with E-state index in [1.165, 1.54) is 18.4 Å². The van der Waals surface area contributed by atoms with Crippen molar-refractivity contribution in [2.75, 3.05) is 13.1 Å². The van der Waals surface area contributed by atoms with Gasteiger partial charge in [-0.15, -0.1) is 0 Å². The highest BCUT2D eigenvalue weighted by Crippen LogP contribution is 2.30. The first-order chi connectivity index (χ1) is 7.66. The molecule has 0 bridgehead atoms. The minimum atomic E-state index is 0.379. The van der Waals surface area contributed by atoms with E-state index in [-0.39, 0.29) is 0 Å². The fourth-order valence-corrected chi connectivity index (χ4v) is 2.76. The monoisotopic (exact) mass is 283 g/mol. The van der Waals surface area contributed by atoms with E-state index in [9.17, 15) is 5.11 Å². The molecule has 1 saturated heterocycles. The van der Waals surface area contributed by atoms with Crippen LogP contribution in [-0.4, -0.2) is 18.2 Å². The molecule has 0 amide bonds. The van der Waals surface area contributed by atoms with Crippen LogP contribution in [0.2, 0.25) is 0 Å². The summed E-state index contributed by atoms with van der Waals surface area (Å²) in [5, 5.41) is 13.0. The zero-order valence-corrected chi connectivity index (χ0v) is 11.2. The van der Waals surface area contributed by atoms with Crippen molar-refractivity contribution in [1.29, 1.82) is 0 Å². The van der Waals surface area contributed by atoms with E-state index in [0.717, 1.165) is 35.5 Å². The third-order valence-electron chi connectivity index (χ3n) is 3.28. The van der Waals surface area contributed by atoms with Crippen LogP contribution >= 0.6 is 15.9 Å². The van der Waals surface area contributed by atoms with Gasteiger partial charge in [-0.3, -0.25) is 0 Å². The first-order valence-electron chi connectivity index (χ1n) is 5.85. The van der Waals surface area contributed by atoms with Gasteiger partial charge in [0.25, 0.3) is 0 Å². The maximum atomic E-state index is 9.61. The Morgan fingerprint density at radius 3 is 2.75 bits per heavy atom. The number of phenolic OH excluding ortho intramolecular Hbond substituents is 1. The van der Waals surface area contributed by atoms with Gasteiger partial charge in [0.05, 0.1) is 0 Å². The third-order valence-corrected chi connectivity index (χ3v) is 4.42. The van der Waals surface area contributed by atoms with Crippen molar-refractivity contribution in [2.45, 2.75) is 26.2 Å². The number of piperidine rings is 1. The molecule has 0 radical (unpaired) electrons. The molecule has 1 aliphatic rings. The quantitative estimate of drug-likeness (QED) is 0.875. The fraction of sp³-hybridized carbons (Fsp3) is 0.538. The summed E-state index contributed by atoms with van der Waals surface area (Å²) in [5.74, 6) is 1.13. The van der Waals surface area contributed by atoms with Gasteiger partial charge in [-0.25, -0.2) is 0 Å². The van der Waals surface area contributed by atoms with Crippen molar-refractivity contribution >= 4 is 15.9 Å². The number of nitrogens with one attached hydrogen (secondary N) is 1. The summed E-state index contributed by atoms with van der Waals surface area (Å²) in [5.41, 5.74) is 2.35. The average Bonchev–Trinajstić information content (AvgIpc) is 2.27. The number of halogens is 1. The summed E-state index contributed by atoms with van der Waals surface area (Å²) in [6.07, 6.45) is 3.54. The smallest absolute Gasteiger partial charge is 0.116 e. The minimum Gasteiger partial charge on any atom is -0.508 e. The topological polar surface area (TPSA) is 32.3 Å². The molecule has 0 aromatic heterocycles. The molecule has 0 saturated carbocycles. The Morgan fingerprint density at radius 2 is 2.06 bits per heavy atom. The fourth-order valence-electron chi connectivity index (χ4n) is 2.37. The first-order valence-corrected chi connectivity index (χ1v) is 6.65. The van der Waals surface area contributed by atoms with Crippen molar-refractivity contribution in [3.05, 3.63) is 27.7 Å². The third kappa shape index (κ3) is 2.77. The van der Waals surface area contributed by atoms with Crippen LogP contribution in [0.3, 0.4) is 0 Å². The number of phenols is 1. The lowest BCUT2D eigenvalue weighted by molar-refractivity contribution is 0.371. The highest BCUT2D eigenvalue weighted by atomic mass is 79.9. The summed E-state index contributed by atoms with van der Waals surface area (Å²) in [6, 6.07) is 3.69. The second-order valence-corrected chi connectivity index (χ2v) is 5.43. The number of hydrogen-bond acceptors (Lipinski definition) is 2. The molecule has 1 heterocycles. The Labute approximate surface area is 105 Å². The second kappa shape index (κ2) is 5.19. The molecule has 88 valence electrons. The van der Waals surface area contributed by atoms with Gasteiger partial charge >= 0.3 is 0 Å². The number of benzene rings is 1. The lowest BCUT2D eigenvalue weighted by Gasteiger charge is -2.23. The number of aromatic hydroxyl groups is 1. The molecule has 3 heteroatoms. The standard InChI is InChI=1S/C13H18BrNO/c1-9-6-12(16)8-11(13(9)14)7-10-2-4-15-5-3-10/h6,8,10,15-16H,2-5,7H2,1H3. The Bertz CT molecular complexity index is 372. The van der Waals surface area contributed by atoms with Gasteiger partial charge in [0.15, 0.2) is 0 Å². The average molecular weight is 284 g/mol. The molecule has 2 rings (SSSR count). The van der Waals surface area contributed by atoms with Crippen LogP contribution in [0.25, 0.3) is 0 Å². The maximum Gasteiger partial charge on any atom is 0.116 e. The van der Waals surface area contributed by atoms with E-state index in [4.69, 9.17) is 0 Å². The summed E-state index contributed by atoms with van der Waals surface area (Å²) in [4.78, 5) is 0. The molecule has 0 aliphatic carbocycles. The minimum absolute atomic E-state index is 0.379. The largest absolute Gasteiger partial charge is 0.508 e. The van der Waals surface area contributed by atoms with Crippen molar-refractivity contribution in [1.82, 2.24) is 5.32 Å². The van der Waals surface area contributed by atoms with Crippen molar-refractivity contribution in [3.8, 4) is 5.75 Å². The van der Waals surface area contributed by atoms with Crippen LogP contribution in [0.1, 0.15) is 24.0 Å². The molecule has 2 nitrogen and oxygen atoms in total. The van der Waals surface area contributed by atoms with Crippen molar-refractivity contribution in [3.63, 3.8) is 0 Å². The van der Waals surface area contributed by atoms with E-state index in [1.807, 2.05) is 13.0 Å². The first kappa shape index (κ1) is 11.9. The van der Waals surface area contributed by atoms with E-state index in [1.54, 1.807) is 6.07 Å². The zero-order chi connectivity index (χ0) is 11.5. The second-order valence-electron chi connectivity index (χ2n) is 4.63.